The van der Waals surface area contributed by atoms with E-state index in [1.165, 1.54) is 6.07 Å². The number of amides is 1. The van der Waals surface area contributed by atoms with Crippen molar-refractivity contribution in [2.24, 2.45) is 0 Å². The Labute approximate surface area is 107 Å². The van der Waals surface area contributed by atoms with Gasteiger partial charge in [0.15, 0.2) is 0 Å². The first kappa shape index (κ1) is 13.6. The van der Waals surface area contributed by atoms with Gasteiger partial charge < -0.3 is 16.1 Å². The lowest BCUT2D eigenvalue weighted by molar-refractivity contribution is -0.167. The second-order valence-corrected chi connectivity index (χ2v) is 3.82. The van der Waals surface area contributed by atoms with Gasteiger partial charge in [-0.25, -0.2) is 4.79 Å². The summed E-state index contributed by atoms with van der Waals surface area (Å²) in [7, 11) is 0. The maximum atomic E-state index is 12.1. The van der Waals surface area contributed by atoms with Crippen LogP contribution in [-0.4, -0.2) is 21.7 Å². The highest BCUT2D eigenvalue weighted by atomic mass is 19.4. The zero-order valence-electron chi connectivity index (χ0n) is 9.62. The summed E-state index contributed by atoms with van der Waals surface area (Å²) in [6.45, 7) is 0. The molecular weight excluding hydrogens is 281 g/mol. The summed E-state index contributed by atoms with van der Waals surface area (Å²) < 4.78 is 36.6. The largest absolute Gasteiger partial charge is 0.471 e. The van der Waals surface area contributed by atoms with Gasteiger partial charge in [0.25, 0.3) is 5.56 Å². The normalized spacial score (nSPS) is 11.6. The van der Waals surface area contributed by atoms with Crippen LogP contribution in [0.2, 0.25) is 0 Å². The molecule has 0 fully saturated rings. The fourth-order valence-electron chi connectivity index (χ4n) is 1.51. The van der Waals surface area contributed by atoms with E-state index < -0.39 is 23.3 Å². The van der Waals surface area contributed by atoms with Gasteiger partial charge in [-0.15, -0.1) is 0 Å². The van der Waals surface area contributed by atoms with Gasteiger partial charge >= 0.3 is 17.8 Å². The van der Waals surface area contributed by atoms with Crippen LogP contribution >= 0.6 is 0 Å². The number of nitrogens with zero attached hydrogens (tertiary/aromatic N) is 1. The van der Waals surface area contributed by atoms with Gasteiger partial charge in [-0.05, 0) is 18.2 Å². The highest BCUT2D eigenvalue weighted by Gasteiger charge is 2.38. The minimum absolute atomic E-state index is 0.0895. The summed E-state index contributed by atoms with van der Waals surface area (Å²) in [5.41, 5.74) is -1.92. The number of aromatic amines is 1. The molecule has 0 saturated heterocycles. The van der Waals surface area contributed by atoms with Crippen molar-refractivity contribution in [1.82, 2.24) is 9.66 Å². The number of nitrogen functional groups attached to an aromatic ring is 1. The van der Waals surface area contributed by atoms with Gasteiger partial charge in [-0.3, -0.25) is 9.59 Å². The second kappa shape index (κ2) is 4.40. The summed E-state index contributed by atoms with van der Waals surface area (Å²) in [5, 5.41) is 1.46. The summed E-state index contributed by atoms with van der Waals surface area (Å²) in [4.78, 5) is 35.9. The average molecular weight is 288 g/mol. The molecule has 106 valence electrons. The second-order valence-electron chi connectivity index (χ2n) is 3.82. The van der Waals surface area contributed by atoms with E-state index in [0.29, 0.717) is 0 Å². The number of alkyl halides is 3. The number of carbonyl (C=O) groups excluding carboxylic acids is 1. The molecule has 0 aliphatic heterocycles. The van der Waals surface area contributed by atoms with Crippen LogP contribution in [0, 0.1) is 0 Å². The summed E-state index contributed by atoms with van der Waals surface area (Å²) in [6.07, 6.45) is -5.05. The Morgan fingerprint density at radius 1 is 1.30 bits per heavy atom. The van der Waals surface area contributed by atoms with Crippen molar-refractivity contribution in [3.8, 4) is 0 Å². The molecule has 0 aliphatic carbocycles. The number of H-pyrrole nitrogens is 1. The van der Waals surface area contributed by atoms with Crippen LogP contribution in [0.25, 0.3) is 10.9 Å². The van der Waals surface area contributed by atoms with Crippen LogP contribution in [0.1, 0.15) is 0 Å². The summed E-state index contributed by atoms with van der Waals surface area (Å²) in [6, 6.07) is 3.28. The molecular formula is C10H7F3N4O3. The van der Waals surface area contributed by atoms with E-state index in [1.807, 2.05) is 0 Å². The van der Waals surface area contributed by atoms with Crippen molar-refractivity contribution in [3.63, 3.8) is 0 Å². The van der Waals surface area contributed by atoms with Crippen molar-refractivity contribution in [3.05, 3.63) is 39.0 Å². The topological polar surface area (TPSA) is 110 Å². The van der Waals surface area contributed by atoms with Gasteiger partial charge in [0.1, 0.15) is 0 Å². The van der Waals surface area contributed by atoms with Crippen molar-refractivity contribution >= 4 is 22.5 Å². The van der Waals surface area contributed by atoms with Gasteiger partial charge in [0.05, 0.1) is 10.9 Å². The smallest absolute Gasteiger partial charge is 0.332 e. The molecule has 1 amide bonds. The number of hydrogen-bond donors (Lipinski definition) is 3. The molecule has 1 aromatic heterocycles. The lowest BCUT2D eigenvalue weighted by Gasteiger charge is -2.08. The highest BCUT2D eigenvalue weighted by molar-refractivity contribution is 5.96. The van der Waals surface area contributed by atoms with E-state index in [4.69, 9.17) is 5.84 Å². The zero-order chi connectivity index (χ0) is 15.1. The first-order valence-corrected chi connectivity index (χ1v) is 5.12. The molecule has 2 rings (SSSR count). The standard InChI is InChI=1S/C10H7F3N4O3/c11-10(12,13)8(19)15-4-1-2-6-5(3-4)7(18)17(14)9(20)16-6/h1-3H,14H2,(H,15,19)(H,16,20). The number of carbonyl (C=O) groups is 1. The molecule has 0 atom stereocenters. The molecule has 10 heteroatoms. The molecule has 2 aromatic rings. The summed E-state index contributed by atoms with van der Waals surface area (Å²) >= 11 is 0. The number of nitrogens with one attached hydrogen (secondary N) is 2. The molecule has 0 saturated carbocycles. The van der Waals surface area contributed by atoms with Crippen molar-refractivity contribution in [2.45, 2.75) is 6.18 Å². The van der Waals surface area contributed by atoms with Gasteiger partial charge in [0.2, 0.25) is 0 Å². The molecule has 0 bridgehead atoms. The number of fused-ring (bicyclic) bond motifs is 1. The van der Waals surface area contributed by atoms with E-state index >= 15 is 0 Å². The van der Waals surface area contributed by atoms with Crippen molar-refractivity contribution in [1.29, 1.82) is 0 Å². The molecule has 4 N–H and O–H groups in total. The van der Waals surface area contributed by atoms with E-state index in [-0.39, 0.29) is 21.3 Å². The van der Waals surface area contributed by atoms with Crippen LogP contribution in [0.5, 0.6) is 0 Å². The molecule has 0 radical (unpaired) electrons. The minimum Gasteiger partial charge on any atom is -0.332 e. The average Bonchev–Trinajstić information content (AvgIpc) is 2.36. The number of benzene rings is 1. The number of nitrogens with two attached hydrogens (primary N) is 1. The summed E-state index contributed by atoms with van der Waals surface area (Å²) in [5.74, 6) is 2.99. The van der Waals surface area contributed by atoms with E-state index in [1.54, 1.807) is 5.32 Å². The lowest BCUT2D eigenvalue weighted by atomic mass is 10.2. The maximum Gasteiger partial charge on any atom is 0.471 e. The molecule has 0 spiro atoms. The Bertz CT molecular complexity index is 806. The van der Waals surface area contributed by atoms with E-state index in [9.17, 15) is 27.6 Å². The number of halogens is 3. The Balaban J connectivity index is 2.52. The number of rotatable bonds is 1. The molecule has 20 heavy (non-hydrogen) atoms. The van der Waals surface area contributed by atoms with Gasteiger partial charge in [-0.2, -0.15) is 17.8 Å². The van der Waals surface area contributed by atoms with Crippen LogP contribution in [0.15, 0.2) is 27.8 Å². The Morgan fingerprint density at radius 2 is 1.95 bits per heavy atom. The molecule has 1 heterocycles. The Kier molecular flexibility index (Phi) is 3.00. The first-order chi connectivity index (χ1) is 9.20. The molecule has 1 aromatic carbocycles. The van der Waals surface area contributed by atoms with Gasteiger partial charge in [-0.1, -0.05) is 0 Å². The fraction of sp³-hybridized carbons (Fsp3) is 0.100. The lowest BCUT2D eigenvalue weighted by Crippen LogP contribution is -2.40. The van der Waals surface area contributed by atoms with E-state index in [0.717, 1.165) is 12.1 Å². The zero-order valence-corrected chi connectivity index (χ0v) is 9.62. The first-order valence-electron chi connectivity index (χ1n) is 5.12. The third-order valence-electron chi connectivity index (χ3n) is 2.44. The minimum atomic E-state index is -5.05. The van der Waals surface area contributed by atoms with Crippen LogP contribution < -0.4 is 22.4 Å². The maximum absolute atomic E-state index is 12.1. The van der Waals surface area contributed by atoms with Crippen LogP contribution in [0.3, 0.4) is 0 Å². The number of aromatic nitrogens is 2. The molecule has 7 nitrogen and oxygen atoms in total. The monoisotopic (exact) mass is 288 g/mol. The fourth-order valence-corrected chi connectivity index (χ4v) is 1.51. The number of hydrogen-bond acceptors (Lipinski definition) is 4. The molecule has 0 unspecified atom stereocenters. The molecule has 0 aliphatic rings. The van der Waals surface area contributed by atoms with Crippen molar-refractivity contribution in [2.75, 3.05) is 11.2 Å². The predicted octanol–water partition coefficient (Wildman–Crippen LogP) is -0.0956. The quantitative estimate of drug-likeness (QED) is 0.637. The predicted molar refractivity (Wildman–Crippen MR) is 63.7 cm³/mol. The number of anilines is 1. The van der Waals surface area contributed by atoms with Crippen LogP contribution in [-0.2, 0) is 4.79 Å². The van der Waals surface area contributed by atoms with E-state index in [2.05, 4.69) is 4.98 Å². The highest BCUT2D eigenvalue weighted by Crippen LogP contribution is 2.19. The van der Waals surface area contributed by atoms with Crippen molar-refractivity contribution < 1.29 is 18.0 Å². The Morgan fingerprint density at radius 3 is 2.55 bits per heavy atom. The van der Waals surface area contributed by atoms with Crippen LogP contribution in [0.4, 0.5) is 18.9 Å². The third-order valence-corrected chi connectivity index (χ3v) is 2.44. The Hall–Kier alpha value is -2.78. The SMILES string of the molecule is Nn1c(=O)[nH]c2ccc(NC(=O)C(F)(F)F)cc2c1=O. The van der Waals surface area contributed by atoms with Gasteiger partial charge in [0, 0.05) is 5.69 Å². The third kappa shape index (κ3) is 2.35.